The Morgan fingerprint density at radius 2 is 1.95 bits per heavy atom. The molecule has 0 aliphatic rings. The number of aliphatic carboxylic acids is 1. The fraction of sp³-hybridized carbons (Fsp3) is 0.333. The highest BCUT2D eigenvalue weighted by Gasteiger charge is 2.19. The van der Waals surface area contributed by atoms with Gasteiger partial charge in [0.1, 0.15) is 5.60 Å². The third-order valence-electron chi connectivity index (χ3n) is 2.70. The van der Waals surface area contributed by atoms with Gasteiger partial charge in [0.2, 0.25) is 0 Å². The Bertz CT molecular complexity index is 664. The van der Waals surface area contributed by atoms with Gasteiger partial charge >= 0.3 is 12.1 Å². The van der Waals surface area contributed by atoms with Gasteiger partial charge in [0.05, 0.1) is 11.9 Å². The molecule has 0 saturated heterocycles. The van der Waals surface area contributed by atoms with E-state index in [0.29, 0.717) is 11.1 Å². The number of benzene rings is 1. The van der Waals surface area contributed by atoms with Gasteiger partial charge in [0.15, 0.2) is 0 Å². The zero-order valence-electron chi connectivity index (χ0n) is 11.7. The molecule has 0 unspecified atom stereocenters. The van der Waals surface area contributed by atoms with Gasteiger partial charge in [0, 0.05) is 11.6 Å². The van der Waals surface area contributed by atoms with Gasteiger partial charge in [-0.25, -0.2) is 4.79 Å². The van der Waals surface area contributed by atoms with Crippen LogP contribution in [0.15, 0.2) is 30.5 Å². The zero-order valence-corrected chi connectivity index (χ0v) is 11.7. The van der Waals surface area contributed by atoms with Gasteiger partial charge in [0.25, 0.3) is 0 Å². The normalized spacial score (nSPS) is 11.6. The molecule has 2 rings (SSSR count). The molecule has 0 saturated carbocycles. The van der Waals surface area contributed by atoms with Crippen molar-refractivity contribution in [1.82, 2.24) is 4.57 Å². The Hall–Kier alpha value is -2.30. The average molecular weight is 275 g/mol. The summed E-state index contributed by atoms with van der Waals surface area (Å²) >= 11 is 0. The quantitative estimate of drug-likeness (QED) is 0.914. The number of carbonyl (C=O) groups is 2. The molecule has 1 aromatic heterocycles. The summed E-state index contributed by atoms with van der Waals surface area (Å²) in [7, 11) is 0. The topological polar surface area (TPSA) is 68.5 Å². The molecule has 0 amide bonds. The van der Waals surface area contributed by atoms with Crippen LogP contribution in [0.5, 0.6) is 0 Å². The number of hydrogen-bond acceptors (Lipinski definition) is 3. The molecule has 0 spiro atoms. The lowest BCUT2D eigenvalue weighted by Gasteiger charge is -2.19. The maximum Gasteiger partial charge on any atom is 0.418 e. The van der Waals surface area contributed by atoms with Crippen molar-refractivity contribution in [2.24, 2.45) is 0 Å². The highest BCUT2D eigenvalue weighted by atomic mass is 16.6. The van der Waals surface area contributed by atoms with Crippen molar-refractivity contribution in [3.63, 3.8) is 0 Å². The summed E-state index contributed by atoms with van der Waals surface area (Å²) in [5, 5.41) is 9.69. The van der Waals surface area contributed by atoms with E-state index in [1.807, 2.05) is 0 Å². The summed E-state index contributed by atoms with van der Waals surface area (Å²) in [4.78, 5) is 22.8. The second-order valence-corrected chi connectivity index (χ2v) is 5.63. The smallest absolute Gasteiger partial charge is 0.418 e. The molecule has 0 fully saturated rings. The van der Waals surface area contributed by atoms with Crippen LogP contribution in [0.1, 0.15) is 26.3 Å². The number of hydrogen-bond donors (Lipinski definition) is 1. The minimum Gasteiger partial charge on any atom is -0.481 e. The van der Waals surface area contributed by atoms with E-state index in [1.54, 1.807) is 51.2 Å². The predicted molar refractivity (Wildman–Crippen MR) is 74.9 cm³/mol. The summed E-state index contributed by atoms with van der Waals surface area (Å²) in [5.41, 5.74) is 0.721. The number of carboxylic acids is 1. The summed E-state index contributed by atoms with van der Waals surface area (Å²) in [6, 6.07) is 7.04. The summed E-state index contributed by atoms with van der Waals surface area (Å²) in [5.74, 6) is -0.903. The van der Waals surface area contributed by atoms with Crippen LogP contribution in [0, 0.1) is 0 Å². The molecule has 2 aromatic rings. The van der Waals surface area contributed by atoms with Crippen LogP contribution in [0.25, 0.3) is 10.9 Å². The number of carbonyl (C=O) groups excluding carboxylic acids is 1. The lowest BCUT2D eigenvalue weighted by atomic mass is 10.1. The average Bonchev–Trinajstić information content (AvgIpc) is 2.68. The first-order valence-corrected chi connectivity index (χ1v) is 6.31. The molecule has 0 aliphatic carbocycles. The van der Waals surface area contributed by atoms with Crippen molar-refractivity contribution >= 4 is 23.0 Å². The van der Waals surface area contributed by atoms with Crippen LogP contribution in [0.2, 0.25) is 0 Å². The fourth-order valence-corrected chi connectivity index (χ4v) is 1.93. The van der Waals surface area contributed by atoms with Crippen LogP contribution in [-0.4, -0.2) is 27.3 Å². The Morgan fingerprint density at radius 1 is 1.25 bits per heavy atom. The first kappa shape index (κ1) is 14.1. The number of carboxylic acid groups (broad SMARTS) is 1. The van der Waals surface area contributed by atoms with E-state index in [4.69, 9.17) is 9.84 Å². The molecular formula is C15H17NO4. The van der Waals surface area contributed by atoms with Crippen molar-refractivity contribution < 1.29 is 19.4 Å². The van der Waals surface area contributed by atoms with Gasteiger partial charge in [-0.2, -0.15) is 0 Å². The lowest BCUT2D eigenvalue weighted by Crippen LogP contribution is -2.26. The summed E-state index contributed by atoms with van der Waals surface area (Å²) in [6.07, 6.45) is 1.08. The van der Waals surface area contributed by atoms with Crippen molar-refractivity contribution in [3.05, 3.63) is 36.0 Å². The Labute approximate surface area is 116 Å². The zero-order chi connectivity index (χ0) is 14.9. The van der Waals surface area contributed by atoms with Crippen molar-refractivity contribution in [3.8, 4) is 0 Å². The van der Waals surface area contributed by atoms with Crippen LogP contribution < -0.4 is 0 Å². The number of fused-ring (bicyclic) bond motifs is 1. The number of nitrogens with zero attached hydrogens (tertiary/aromatic N) is 1. The maximum atomic E-state index is 12.1. The number of rotatable bonds is 2. The van der Waals surface area contributed by atoms with Gasteiger partial charge < -0.3 is 9.84 Å². The van der Waals surface area contributed by atoms with Crippen LogP contribution in [0.4, 0.5) is 4.79 Å². The largest absolute Gasteiger partial charge is 0.481 e. The van der Waals surface area contributed by atoms with E-state index in [9.17, 15) is 9.59 Å². The third kappa shape index (κ3) is 3.17. The minimum absolute atomic E-state index is 0.0740. The molecule has 0 aliphatic heterocycles. The van der Waals surface area contributed by atoms with Gasteiger partial charge in [-0.3, -0.25) is 9.36 Å². The van der Waals surface area contributed by atoms with Crippen LogP contribution in [0.3, 0.4) is 0 Å². The molecule has 0 atom stereocenters. The van der Waals surface area contributed by atoms with Crippen molar-refractivity contribution in [2.45, 2.75) is 32.8 Å². The SMILES string of the molecule is CC(C)(C)OC(=O)n1ccc2ccc(CC(=O)O)cc21. The molecule has 0 bridgehead atoms. The van der Waals surface area contributed by atoms with E-state index in [0.717, 1.165) is 5.39 Å². The minimum atomic E-state index is -0.903. The molecule has 1 N–H and O–H groups in total. The molecule has 1 aromatic carbocycles. The molecule has 5 heteroatoms. The lowest BCUT2D eigenvalue weighted by molar-refractivity contribution is -0.136. The van der Waals surface area contributed by atoms with Gasteiger partial charge in [-0.05, 0) is 38.5 Å². The van der Waals surface area contributed by atoms with Crippen molar-refractivity contribution in [2.75, 3.05) is 0 Å². The van der Waals surface area contributed by atoms with E-state index >= 15 is 0 Å². The molecular weight excluding hydrogens is 258 g/mol. The van der Waals surface area contributed by atoms with Gasteiger partial charge in [-0.1, -0.05) is 12.1 Å². The Morgan fingerprint density at radius 3 is 2.55 bits per heavy atom. The first-order chi connectivity index (χ1) is 9.26. The summed E-state index contributed by atoms with van der Waals surface area (Å²) < 4.78 is 6.71. The highest BCUT2D eigenvalue weighted by Crippen LogP contribution is 2.20. The standard InChI is InChI=1S/C15H17NO4/c1-15(2,3)20-14(19)16-7-6-11-5-4-10(8-12(11)16)9-13(17)18/h4-8H,9H2,1-3H3,(H,17,18). The van der Waals surface area contributed by atoms with E-state index in [2.05, 4.69) is 0 Å². The van der Waals surface area contributed by atoms with Gasteiger partial charge in [-0.15, -0.1) is 0 Å². The highest BCUT2D eigenvalue weighted by molar-refractivity contribution is 5.90. The van der Waals surface area contributed by atoms with E-state index in [-0.39, 0.29) is 6.42 Å². The molecule has 0 radical (unpaired) electrons. The molecule has 20 heavy (non-hydrogen) atoms. The molecule has 106 valence electrons. The summed E-state index contributed by atoms with van der Waals surface area (Å²) in [6.45, 7) is 5.39. The number of aromatic nitrogens is 1. The van der Waals surface area contributed by atoms with Crippen molar-refractivity contribution in [1.29, 1.82) is 0 Å². The Balaban J connectivity index is 2.39. The molecule has 1 heterocycles. The van der Waals surface area contributed by atoms with Crippen LogP contribution in [-0.2, 0) is 16.0 Å². The predicted octanol–water partition coefficient (Wildman–Crippen LogP) is 3.05. The van der Waals surface area contributed by atoms with E-state index in [1.165, 1.54) is 4.57 Å². The number of ether oxygens (including phenoxy) is 1. The van der Waals surface area contributed by atoms with E-state index < -0.39 is 17.7 Å². The first-order valence-electron chi connectivity index (χ1n) is 6.31. The second kappa shape index (κ2) is 5.00. The second-order valence-electron chi connectivity index (χ2n) is 5.63. The van der Waals surface area contributed by atoms with Crippen LogP contribution >= 0.6 is 0 Å². The molecule has 5 nitrogen and oxygen atoms in total. The maximum absolute atomic E-state index is 12.1. The Kier molecular flexibility index (Phi) is 3.53. The fourth-order valence-electron chi connectivity index (χ4n) is 1.93. The third-order valence-corrected chi connectivity index (χ3v) is 2.70. The monoisotopic (exact) mass is 275 g/mol.